The molecule has 45 heavy (non-hydrogen) atoms. The van der Waals surface area contributed by atoms with Crippen molar-refractivity contribution in [2.24, 2.45) is 5.92 Å². The van der Waals surface area contributed by atoms with Gasteiger partial charge in [-0.05, 0) is 73.7 Å². The van der Waals surface area contributed by atoms with Crippen LogP contribution in [-0.4, -0.2) is 40.2 Å². The monoisotopic (exact) mass is 663 g/mol. The van der Waals surface area contributed by atoms with E-state index in [4.69, 9.17) is 21.1 Å². The molecule has 0 aliphatic carbocycles. The molecule has 1 aliphatic heterocycles. The maximum Gasteiger partial charge on any atom is 0.301 e. The van der Waals surface area contributed by atoms with E-state index in [2.05, 4.69) is 48.3 Å². The minimum absolute atomic E-state index is 0.0673. The summed E-state index contributed by atoms with van der Waals surface area (Å²) in [7, 11) is 0. The molecule has 0 spiro atoms. The molecule has 1 aromatic heterocycles. The van der Waals surface area contributed by atoms with Crippen molar-refractivity contribution in [2.45, 2.75) is 50.3 Å². The molecule has 1 aliphatic rings. The van der Waals surface area contributed by atoms with Gasteiger partial charge in [-0.25, -0.2) is 0 Å². The Morgan fingerprint density at radius 3 is 2.44 bits per heavy atom. The molecule has 0 radical (unpaired) electrons. The van der Waals surface area contributed by atoms with Gasteiger partial charge in [-0.2, -0.15) is 0 Å². The molecule has 1 amide bonds. The lowest BCUT2D eigenvalue weighted by Crippen LogP contribution is -2.29. The van der Waals surface area contributed by atoms with Crippen LogP contribution in [0.1, 0.15) is 55.5 Å². The van der Waals surface area contributed by atoms with Crippen molar-refractivity contribution < 1.29 is 24.2 Å². The number of aryl methyl sites for hydroxylation is 1. The average Bonchev–Trinajstić information content (AvgIpc) is 3.59. The van der Waals surface area contributed by atoms with Crippen molar-refractivity contribution >= 4 is 57.3 Å². The number of anilines is 1. The quantitative estimate of drug-likeness (QED) is 0.0532. The SMILES string of the molecule is CCOc1cc(C2C(=C(O)c3ccc(Cl)cc3)C(=O)C(=O)N2c2nnc(SCc3ccc(C)cc3)s2)ccc1OCCC(C)C. The minimum atomic E-state index is -0.993. The molecular weight excluding hydrogens is 630 g/mol. The van der Waals surface area contributed by atoms with Gasteiger partial charge in [-0.15, -0.1) is 10.2 Å². The number of aliphatic hydroxyl groups excluding tert-OH is 1. The van der Waals surface area contributed by atoms with Gasteiger partial charge in [0.2, 0.25) is 5.13 Å². The summed E-state index contributed by atoms with van der Waals surface area (Å²) in [5.74, 6) is 0.224. The number of Topliss-reactive ketones (excluding diaryl/α,β-unsaturated/α-hetero) is 1. The topological polar surface area (TPSA) is 102 Å². The summed E-state index contributed by atoms with van der Waals surface area (Å²) >= 11 is 8.79. The lowest BCUT2D eigenvalue weighted by molar-refractivity contribution is -0.132. The number of rotatable bonds is 12. The molecule has 11 heteroatoms. The molecule has 1 atom stereocenters. The van der Waals surface area contributed by atoms with Crippen LogP contribution in [0, 0.1) is 12.8 Å². The van der Waals surface area contributed by atoms with Gasteiger partial charge < -0.3 is 14.6 Å². The molecule has 5 rings (SSSR count). The number of thioether (sulfide) groups is 1. The second kappa shape index (κ2) is 14.5. The highest BCUT2D eigenvalue weighted by molar-refractivity contribution is 8.00. The minimum Gasteiger partial charge on any atom is -0.507 e. The summed E-state index contributed by atoms with van der Waals surface area (Å²) in [6.45, 7) is 9.05. The maximum atomic E-state index is 13.7. The molecule has 2 heterocycles. The van der Waals surface area contributed by atoms with Crippen LogP contribution in [0.25, 0.3) is 5.76 Å². The van der Waals surface area contributed by atoms with Gasteiger partial charge in [0.05, 0.1) is 24.8 Å². The summed E-state index contributed by atoms with van der Waals surface area (Å²) in [6.07, 6.45) is 0.871. The Morgan fingerprint density at radius 1 is 1.02 bits per heavy atom. The van der Waals surface area contributed by atoms with Crippen molar-refractivity contribution in [3.63, 3.8) is 0 Å². The predicted octanol–water partition coefficient (Wildman–Crippen LogP) is 8.24. The molecule has 234 valence electrons. The first-order chi connectivity index (χ1) is 21.7. The number of carbonyl (C=O) groups is 2. The third-order valence-electron chi connectivity index (χ3n) is 7.18. The van der Waals surface area contributed by atoms with Gasteiger partial charge in [0, 0.05) is 16.3 Å². The first kappa shape index (κ1) is 32.5. The van der Waals surface area contributed by atoms with E-state index in [1.54, 1.807) is 42.5 Å². The molecule has 0 saturated carbocycles. The van der Waals surface area contributed by atoms with Crippen LogP contribution < -0.4 is 14.4 Å². The number of aromatic nitrogens is 2. The van der Waals surface area contributed by atoms with Gasteiger partial charge in [0.1, 0.15) is 5.76 Å². The Morgan fingerprint density at radius 2 is 1.76 bits per heavy atom. The predicted molar refractivity (Wildman–Crippen MR) is 179 cm³/mol. The number of amides is 1. The molecule has 0 bridgehead atoms. The molecule has 1 fully saturated rings. The highest BCUT2D eigenvalue weighted by atomic mass is 35.5. The average molecular weight is 664 g/mol. The summed E-state index contributed by atoms with van der Waals surface area (Å²) in [4.78, 5) is 28.6. The second-order valence-electron chi connectivity index (χ2n) is 11.0. The molecule has 4 aromatic rings. The second-order valence-corrected chi connectivity index (χ2v) is 13.6. The Kier molecular flexibility index (Phi) is 10.5. The fraction of sp³-hybridized carbons (Fsp3) is 0.294. The Hall–Kier alpha value is -3.86. The summed E-state index contributed by atoms with van der Waals surface area (Å²) in [5.41, 5.74) is 3.15. The van der Waals surface area contributed by atoms with Gasteiger partial charge in [-0.3, -0.25) is 14.5 Å². The van der Waals surface area contributed by atoms with Crippen molar-refractivity contribution in [3.05, 3.63) is 99.6 Å². The van der Waals surface area contributed by atoms with E-state index in [9.17, 15) is 14.7 Å². The number of ketones is 1. The van der Waals surface area contributed by atoms with Crippen LogP contribution in [0.4, 0.5) is 5.13 Å². The van der Waals surface area contributed by atoms with Crippen LogP contribution in [0.2, 0.25) is 5.02 Å². The van der Waals surface area contributed by atoms with Crippen LogP contribution in [0.3, 0.4) is 0 Å². The highest BCUT2D eigenvalue weighted by Gasteiger charge is 2.48. The molecular formula is C34H34ClN3O5S2. The van der Waals surface area contributed by atoms with Crippen molar-refractivity contribution in [3.8, 4) is 11.5 Å². The molecule has 1 N–H and O–H groups in total. The van der Waals surface area contributed by atoms with Crippen molar-refractivity contribution in [1.29, 1.82) is 0 Å². The van der Waals surface area contributed by atoms with E-state index in [1.165, 1.54) is 33.6 Å². The van der Waals surface area contributed by atoms with Gasteiger partial charge in [0.25, 0.3) is 5.78 Å². The van der Waals surface area contributed by atoms with E-state index in [-0.39, 0.29) is 16.5 Å². The molecule has 1 saturated heterocycles. The van der Waals surface area contributed by atoms with Crippen molar-refractivity contribution in [1.82, 2.24) is 10.2 Å². The molecule has 8 nitrogen and oxygen atoms in total. The lowest BCUT2D eigenvalue weighted by atomic mass is 9.95. The van der Waals surface area contributed by atoms with Gasteiger partial charge in [0.15, 0.2) is 15.8 Å². The number of benzene rings is 3. The molecule has 1 unspecified atom stereocenters. The van der Waals surface area contributed by atoms with Crippen LogP contribution in [-0.2, 0) is 15.3 Å². The maximum absolute atomic E-state index is 13.7. The number of aliphatic hydroxyl groups is 1. The van der Waals surface area contributed by atoms with E-state index in [0.717, 1.165) is 12.0 Å². The first-order valence-electron chi connectivity index (χ1n) is 14.6. The number of halogens is 1. The van der Waals surface area contributed by atoms with Gasteiger partial charge >= 0.3 is 5.91 Å². The Bertz CT molecular complexity index is 1700. The molecule has 3 aromatic carbocycles. The van der Waals surface area contributed by atoms with E-state index in [0.29, 0.717) is 56.9 Å². The largest absolute Gasteiger partial charge is 0.507 e. The highest BCUT2D eigenvalue weighted by Crippen LogP contribution is 2.45. The number of hydrogen-bond donors (Lipinski definition) is 1. The zero-order valence-corrected chi connectivity index (χ0v) is 27.8. The summed E-state index contributed by atoms with van der Waals surface area (Å²) in [5, 5.41) is 20.8. The van der Waals surface area contributed by atoms with Crippen LogP contribution in [0.5, 0.6) is 11.5 Å². The normalized spacial score (nSPS) is 16.0. The first-order valence-corrected chi connectivity index (χ1v) is 16.8. The van der Waals surface area contributed by atoms with Crippen LogP contribution >= 0.6 is 34.7 Å². The Balaban J connectivity index is 1.55. The summed E-state index contributed by atoms with van der Waals surface area (Å²) < 4.78 is 12.6. The van der Waals surface area contributed by atoms with Gasteiger partial charge in [-0.1, -0.05) is 84.4 Å². The third-order valence-corrected chi connectivity index (χ3v) is 9.56. The van der Waals surface area contributed by atoms with E-state index < -0.39 is 17.7 Å². The number of hydrogen-bond acceptors (Lipinski definition) is 9. The lowest BCUT2D eigenvalue weighted by Gasteiger charge is -2.24. The van der Waals surface area contributed by atoms with E-state index >= 15 is 0 Å². The zero-order chi connectivity index (χ0) is 32.1. The van der Waals surface area contributed by atoms with Crippen LogP contribution in [0.15, 0.2) is 76.6 Å². The number of ether oxygens (including phenoxy) is 2. The Labute approximate surface area is 276 Å². The van der Waals surface area contributed by atoms with E-state index in [1.807, 2.05) is 13.8 Å². The fourth-order valence-corrected chi connectivity index (χ4v) is 6.73. The smallest absolute Gasteiger partial charge is 0.301 e. The third kappa shape index (κ3) is 7.52. The zero-order valence-electron chi connectivity index (χ0n) is 25.5. The van der Waals surface area contributed by atoms with Crippen molar-refractivity contribution in [2.75, 3.05) is 18.1 Å². The number of carbonyl (C=O) groups excluding carboxylic acids is 2. The standard InChI is InChI=1S/C34H34ClN3O5S2/c1-5-42-27-18-24(12-15-26(27)43-17-16-20(2)3)29-28(30(39)23-10-13-25(35)14-11-23)31(40)32(41)38(29)33-36-37-34(45-33)44-19-22-8-6-21(4)7-9-22/h6-15,18,20,29,39H,5,16-17,19H2,1-4H3. The summed E-state index contributed by atoms with van der Waals surface area (Å²) in [6, 6.07) is 19.0. The number of nitrogens with zero attached hydrogens (tertiary/aromatic N) is 3. The fourth-order valence-electron chi connectivity index (χ4n) is 4.78.